The van der Waals surface area contributed by atoms with Crippen molar-refractivity contribution < 1.29 is 18.9 Å². The Bertz CT molecular complexity index is 665. The van der Waals surface area contributed by atoms with Crippen molar-refractivity contribution in [3.8, 4) is 5.75 Å². The van der Waals surface area contributed by atoms with Crippen LogP contribution in [0, 0.1) is 0 Å². The Balaban J connectivity index is 1.51. The Hall–Kier alpha value is -1.88. The smallest absolute Gasteiger partial charge is 0.191 e. The Kier molecular flexibility index (Phi) is 7.06. The molecular weight excluding hydrogens is 328 g/mol. The fourth-order valence-corrected chi connectivity index (χ4v) is 3.23. The molecule has 0 heterocycles. The lowest BCUT2D eigenvalue weighted by Crippen LogP contribution is -2.25. The average molecular weight is 356 g/mol. The van der Waals surface area contributed by atoms with Gasteiger partial charge in [0.1, 0.15) is 12.4 Å². The summed E-state index contributed by atoms with van der Waals surface area (Å²) in [7, 11) is 0. The molecular formula is C22H28O4. The van der Waals surface area contributed by atoms with Gasteiger partial charge in [0.2, 0.25) is 0 Å². The summed E-state index contributed by atoms with van der Waals surface area (Å²) in [6, 6.07) is 16.6. The van der Waals surface area contributed by atoms with E-state index in [4.69, 9.17) is 18.9 Å². The molecule has 0 fully saturated rings. The number of ether oxygens (including phenoxy) is 4. The first kappa shape index (κ1) is 18.9. The molecule has 4 heteroatoms. The standard InChI is InChI=1S/C22H28O4/c1-3-23-22(24-4-2)16-26-20-11-10-18-12-21(14-19(18)13-20)25-15-17-8-6-5-7-9-17/h5-11,13,21-22H,3-4,12,14-16H2,1-2H3. The van der Waals surface area contributed by atoms with Crippen LogP contribution in [0.25, 0.3) is 0 Å². The fourth-order valence-electron chi connectivity index (χ4n) is 3.23. The van der Waals surface area contributed by atoms with Crippen molar-refractivity contribution in [1.29, 1.82) is 0 Å². The van der Waals surface area contributed by atoms with Crippen LogP contribution in [0.3, 0.4) is 0 Å². The number of rotatable bonds is 10. The zero-order valence-corrected chi connectivity index (χ0v) is 15.6. The van der Waals surface area contributed by atoms with E-state index in [0.29, 0.717) is 26.4 Å². The van der Waals surface area contributed by atoms with E-state index in [1.54, 1.807) is 0 Å². The molecule has 3 rings (SSSR count). The Labute approximate surface area is 156 Å². The summed E-state index contributed by atoms with van der Waals surface area (Å²) in [6.07, 6.45) is 1.81. The second kappa shape index (κ2) is 9.72. The first-order valence-electron chi connectivity index (χ1n) is 9.41. The van der Waals surface area contributed by atoms with Crippen LogP contribution >= 0.6 is 0 Å². The molecule has 140 valence electrons. The lowest BCUT2D eigenvalue weighted by molar-refractivity contribution is -0.152. The summed E-state index contributed by atoms with van der Waals surface area (Å²) in [4.78, 5) is 0. The van der Waals surface area contributed by atoms with Crippen LogP contribution in [0.5, 0.6) is 5.75 Å². The molecule has 1 aliphatic rings. The second-order valence-electron chi connectivity index (χ2n) is 6.41. The van der Waals surface area contributed by atoms with Crippen molar-refractivity contribution in [3.63, 3.8) is 0 Å². The Morgan fingerprint density at radius 3 is 2.38 bits per heavy atom. The molecule has 2 aromatic carbocycles. The van der Waals surface area contributed by atoms with Crippen LogP contribution in [-0.2, 0) is 33.7 Å². The van der Waals surface area contributed by atoms with Crippen molar-refractivity contribution in [2.75, 3.05) is 19.8 Å². The molecule has 0 aromatic heterocycles. The average Bonchev–Trinajstić information content (AvgIpc) is 3.08. The van der Waals surface area contributed by atoms with Crippen LogP contribution in [-0.4, -0.2) is 32.2 Å². The van der Waals surface area contributed by atoms with Gasteiger partial charge in [0.05, 0.1) is 12.7 Å². The van der Waals surface area contributed by atoms with E-state index < -0.39 is 0 Å². The van der Waals surface area contributed by atoms with E-state index in [9.17, 15) is 0 Å². The zero-order valence-electron chi connectivity index (χ0n) is 15.6. The molecule has 0 amide bonds. The molecule has 0 bridgehead atoms. The summed E-state index contributed by atoms with van der Waals surface area (Å²) in [5.41, 5.74) is 3.87. The normalized spacial score (nSPS) is 16.0. The lowest BCUT2D eigenvalue weighted by Gasteiger charge is -2.17. The van der Waals surface area contributed by atoms with Crippen molar-refractivity contribution in [2.45, 2.75) is 45.7 Å². The largest absolute Gasteiger partial charge is 0.488 e. The lowest BCUT2D eigenvalue weighted by atomic mass is 10.1. The maximum Gasteiger partial charge on any atom is 0.191 e. The van der Waals surface area contributed by atoms with Gasteiger partial charge in [0.15, 0.2) is 6.29 Å². The Morgan fingerprint density at radius 1 is 0.923 bits per heavy atom. The van der Waals surface area contributed by atoms with Gasteiger partial charge in [0, 0.05) is 13.2 Å². The molecule has 1 aliphatic carbocycles. The van der Waals surface area contributed by atoms with Gasteiger partial charge in [0.25, 0.3) is 0 Å². The van der Waals surface area contributed by atoms with Crippen LogP contribution in [0.1, 0.15) is 30.5 Å². The third kappa shape index (κ3) is 5.31. The van der Waals surface area contributed by atoms with Gasteiger partial charge >= 0.3 is 0 Å². The summed E-state index contributed by atoms with van der Waals surface area (Å²) in [6.45, 7) is 6.19. The van der Waals surface area contributed by atoms with Gasteiger partial charge in [-0.1, -0.05) is 36.4 Å². The minimum Gasteiger partial charge on any atom is -0.488 e. The van der Waals surface area contributed by atoms with Crippen molar-refractivity contribution >= 4 is 0 Å². The molecule has 1 atom stereocenters. The molecule has 4 nitrogen and oxygen atoms in total. The van der Waals surface area contributed by atoms with Gasteiger partial charge < -0.3 is 18.9 Å². The second-order valence-corrected chi connectivity index (χ2v) is 6.41. The summed E-state index contributed by atoms with van der Waals surface area (Å²) in [5, 5.41) is 0. The van der Waals surface area contributed by atoms with Crippen molar-refractivity contribution in [2.24, 2.45) is 0 Å². The van der Waals surface area contributed by atoms with Gasteiger partial charge in [-0.2, -0.15) is 0 Å². The van der Waals surface area contributed by atoms with E-state index in [-0.39, 0.29) is 12.4 Å². The number of fused-ring (bicyclic) bond motifs is 1. The maximum atomic E-state index is 6.09. The maximum absolute atomic E-state index is 6.09. The van der Waals surface area contributed by atoms with E-state index in [0.717, 1.165) is 18.6 Å². The SMILES string of the molecule is CCOC(COc1ccc2c(c1)CC(OCc1ccccc1)C2)OCC. The number of benzene rings is 2. The van der Waals surface area contributed by atoms with Gasteiger partial charge in [-0.25, -0.2) is 0 Å². The summed E-state index contributed by atoms with van der Waals surface area (Å²) >= 11 is 0. The van der Waals surface area contributed by atoms with Crippen LogP contribution < -0.4 is 4.74 Å². The first-order valence-corrected chi connectivity index (χ1v) is 9.41. The summed E-state index contributed by atoms with van der Waals surface area (Å²) in [5.74, 6) is 0.858. The van der Waals surface area contributed by atoms with Gasteiger partial charge in [-0.15, -0.1) is 0 Å². The highest BCUT2D eigenvalue weighted by Gasteiger charge is 2.22. The Morgan fingerprint density at radius 2 is 1.65 bits per heavy atom. The predicted octanol–water partition coefficient (Wildman–Crippen LogP) is 4.15. The number of hydrogen-bond donors (Lipinski definition) is 0. The molecule has 26 heavy (non-hydrogen) atoms. The first-order chi connectivity index (χ1) is 12.8. The van der Waals surface area contributed by atoms with Crippen molar-refractivity contribution in [3.05, 3.63) is 65.2 Å². The van der Waals surface area contributed by atoms with E-state index >= 15 is 0 Å². The fraction of sp³-hybridized carbons (Fsp3) is 0.455. The molecule has 0 saturated heterocycles. The van der Waals surface area contributed by atoms with Crippen LogP contribution in [0.15, 0.2) is 48.5 Å². The topological polar surface area (TPSA) is 36.9 Å². The van der Waals surface area contributed by atoms with Gasteiger partial charge in [-0.05, 0) is 55.5 Å². The highest BCUT2D eigenvalue weighted by molar-refractivity contribution is 5.39. The molecule has 0 spiro atoms. The molecule has 1 unspecified atom stereocenters. The minimum atomic E-state index is -0.319. The predicted molar refractivity (Wildman–Crippen MR) is 101 cm³/mol. The summed E-state index contributed by atoms with van der Waals surface area (Å²) < 4.78 is 23.0. The van der Waals surface area contributed by atoms with Crippen LogP contribution in [0.4, 0.5) is 0 Å². The molecule has 0 saturated carbocycles. The molecule has 0 radical (unpaired) electrons. The van der Waals surface area contributed by atoms with E-state index in [1.807, 2.05) is 38.1 Å². The van der Waals surface area contributed by atoms with Crippen LogP contribution in [0.2, 0.25) is 0 Å². The minimum absolute atomic E-state index is 0.236. The van der Waals surface area contributed by atoms with Gasteiger partial charge in [-0.3, -0.25) is 0 Å². The van der Waals surface area contributed by atoms with E-state index in [1.165, 1.54) is 16.7 Å². The third-order valence-corrected chi connectivity index (χ3v) is 4.49. The highest BCUT2D eigenvalue weighted by atomic mass is 16.7. The highest BCUT2D eigenvalue weighted by Crippen LogP contribution is 2.28. The molecule has 0 N–H and O–H groups in total. The third-order valence-electron chi connectivity index (χ3n) is 4.49. The molecule has 0 aliphatic heterocycles. The zero-order chi connectivity index (χ0) is 18.2. The molecule has 2 aromatic rings. The monoisotopic (exact) mass is 356 g/mol. The quantitative estimate of drug-likeness (QED) is 0.599. The van der Waals surface area contributed by atoms with E-state index in [2.05, 4.69) is 24.3 Å². The van der Waals surface area contributed by atoms with Crippen molar-refractivity contribution in [1.82, 2.24) is 0 Å². The number of hydrogen-bond acceptors (Lipinski definition) is 4.